The molecule has 0 aromatic heterocycles. The second-order valence-electron chi connectivity index (χ2n) is 7.79. The number of unbranched alkanes of at least 4 members (excludes halogenated alkanes) is 1. The van der Waals surface area contributed by atoms with Gasteiger partial charge in [-0.3, -0.25) is 9.59 Å². The van der Waals surface area contributed by atoms with Crippen molar-refractivity contribution in [2.24, 2.45) is 5.41 Å². The van der Waals surface area contributed by atoms with E-state index in [9.17, 15) is 18.4 Å². The lowest BCUT2D eigenvalue weighted by molar-refractivity contribution is -0.147. The van der Waals surface area contributed by atoms with Crippen LogP contribution in [-0.4, -0.2) is 54.5 Å². The number of rotatable bonds is 7. The summed E-state index contributed by atoms with van der Waals surface area (Å²) >= 11 is 0. The highest BCUT2D eigenvalue weighted by Gasteiger charge is 2.49. The second kappa shape index (κ2) is 8.99. The lowest BCUT2D eigenvalue weighted by Crippen LogP contribution is -2.50. The lowest BCUT2D eigenvalue weighted by Gasteiger charge is -2.39. The molecule has 2 amide bonds. The Morgan fingerprint density at radius 1 is 1.25 bits per heavy atom. The molecule has 28 heavy (non-hydrogen) atoms. The van der Waals surface area contributed by atoms with Gasteiger partial charge in [-0.15, -0.1) is 0 Å². The quantitative estimate of drug-likeness (QED) is 0.668. The number of ether oxygens (including phenoxy) is 1. The minimum Gasteiger partial charge on any atom is -0.372 e. The predicted molar refractivity (Wildman–Crippen MR) is 100 cm³/mol. The first-order chi connectivity index (χ1) is 13.5. The molecule has 1 atom stereocenters. The van der Waals surface area contributed by atoms with Crippen LogP contribution in [0.5, 0.6) is 0 Å². The van der Waals surface area contributed by atoms with Crippen molar-refractivity contribution in [2.45, 2.75) is 45.6 Å². The van der Waals surface area contributed by atoms with Crippen LogP contribution >= 0.6 is 0 Å². The molecule has 0 saturated carbocycles. The average molecular weight is 394 g/mol. The van der Waals surface area contributed by atoms with Crippen molar-refractivity contribution in [2.75, 3.05) is 32.8 Å². The molecule has 0 aliphatic carbocycles. The van der Waals surface area contributed by atoms with E-state index in [1.165, 1.54) is 12.1 Å². The Labute approximate surface area is 164 Å². The fourth-order valence-corrected chi connectivity index (χ4v) is 4.14. The first-order valence-electron chi connectivity index (χ1n) is 10.0. The standard InChI is InChI=1S/C21H28F2N2O3/c1-2-3-12-28-14-18(26)25-11-9-21(15-25)8-5-10-24(20(21)27)13-16-6-4-7-17(22)19(16)23/h4,6-7H,2-3,5,8-15H2,1H3/t21-/m1/s1. The molecule has 0 unspecified atom stereocenters. The van der Waals surface area contributed by atoms with Crippen molar-refractivity contribution in [1.29, 1.82) is 0 Å². The van der Waals surface area contributed by atoms with Crippen LogP contribution in [0.3, 0.4) is 0 Å². The van der Waals surface area contributed by atoms with Crippen LogP contribution < -0.4 is 0 Å². The van der Waals surface area contributed by atoms with Crippen LogP contribution in [0.2, 0.25) is 0 Å². The Kier molecular flexibility index (Phi) is 6.65. The van der Waals surface area contributed by atoms with E-state index in [0.717, 1.165) is 25.3 Å². The number of hydrogen-bond donors (Lipinski definition) is 0. The smallest absolute Gasteiger partial charge is 0.248 e. The Balaban J connectivity index is 1.62. The van der Waals surface area contributed by atoms with Crippen molar-refractivity contribution in [3.05, 3.63) is 35.4 Å². The van der Waals surface area contributed by atoms with E-state index < -0.39 is 17.0 Å². The molecule has 1 aromatic rings. The van der Waals surface area contributed by atoms with Gasteiger partial charge in [0.05, 0.1) is 5.41 Å². The van der Waals surface area contributed by atoms with Gasteiger partial charge in [0, 0.05) is 38.3 Å². The van der Waals surface area contributed by atoms with Crippen LogP contribution in [0.4, 0.5) is 8.78 Å². The third-order valence-corrected chi connectivity index (χ3v) is 5.79. The summed E-state index contributed by atoms with van der Waals surface area (Å²) in [6, 6.07) is 4.03. The van der Waals surface area contributed by atoms with E-state index in [1.807, 2.05) is 0 Å². The van der Waals surface area contributed by atoms with E-state index in [0.29, 0.717) is 39.1 Å². The number of benzene rings is 1. The molecule has 2 fully saturated rings. The molecule has 0 bridgehead atoms. The van der Waals surface area contributed by atoms with E-state index >= 15 is 0 Å². The zero-order valence-electron chi connectivity index (χ0n) is 16.4. The fraction of sp³-hybridized carbons (Fsp3) is 0.619. The number of halogens is 2. The summed E-state index contributed by atoms with van der Waals surface area (Å²) < 4.78 is 32.9. The van der Waals surface area contributed by atoms with Gasteiger partial charge in [0.2, 0.25) is 11.8 Å². The summed E-state index contributed by atoms with van der Waals surface area (Å²) in [7, 11) is 0. The number of carbonyl (C=O) groups is 2. The molecule has 0 radical (unpaired) electrons. The summed E-state index contributed by atoms with van der Waals surface area (Å²) in [5.74, 6) is -1.96. The number of amides is 2. The minimum absolute atomic E-state index is 0.0441. The van der Waals surface area contributed by atoms with Crippen LogP contribution in [0.1, 0.15) is 44.6 Å². The molecular weight excluding hydrogens is 366 g/mol. The lowest BCUT2D eigenvalue weighted by atomic mass is 9.78. The van der Waals surface area contributed by atoms with Crippen LogP contribution in [0, 0.1) is 17.0 Å². The van der Waals surface area contributed by atoms with Gasteiger partial charge in [-0.25, -0.2) is 8.78 Å². The zero-order valence-corrected chi connectivity index (χ0v) is 16.4. The van der Waals surface area contributed by atoms with Gasteiger partial charge in [0.25, 0.3) is 0 Å². The van der Waals surface area contributed by atoms with Crippen LogP contribution in [0.15, 0.2) is 18.2 Å². The van der Waals surface area contributed by atoms with Crippen molar-refractivity contribution < 1.29 is 23.1 Å². The van der Waals surface area contributed by atoms with Gasteiger partial charge in [0.1, 0.15) is 6.61 Å². The number of piperidine rings is 1. The Morgan fingerprint density at radius 2 is 2.07 bits per heavy atom. The molecule has 2 aliphatic rings. The second-order valence-corrected chi connectivity index (χ2v) is 7.79. The number of hydrogen-bond acceptors (Lipinski definition) is 3. The average Bonchev–Trinajstić information content (AvgIpc) is 3.11. The Bertz CT molecular complexity index is 728. The minimum atomic E-state index is -0.905. The zero-order chi connectivity index (χ0) is 20.1. The summed E-state index contributed by atoms with van der Waals surface area (Å²) in [6.07, 6.45) is 4.04. The van der Waals surface area contributed by atoms with Crippen molar-refractivity contribution in [3.63, 3.8) is 0 Å². The van der Waals surface area contributed by atoms with Gasteiger partial charge in [0.15, 0.2) is 11.6 Å². The Morgan fingerprint density at radius 3 is 2.86 bits per heavy atom. The molecule has 0 N–H and O–H groups in total. The summed E-state index contributed by atoms with van der Waals surface area (Å²) in [4.78, 5) is 28.8. The van der Waals surface area contributed by atoms with E-state index in [-0.39, 0.29) is 30.5 Å². The first-order valence-corrected chi connectivity index (χ1v) is 10.0. The number of nitrogens with zero attached hydrogens (tertiary/aromatic N) is 2. The molecule has 1 aromatic carbocycles. The van der Waals surface area contributed by atoms with Crippen molar-refractivity contribution in [1.82, 2.24) is 9.80 Å². The molecule has 2 saturated heterocycles. The maximum Gasteiger partial charge on any atom is 0.248 e. The monoisotopic (exact) mass is 394 g/mol. The highest BCUT2D eigenvalue weighted by Crippen LogP contribution is 2.40. The van der Waals surface area contributed by atoms with Gasteiger partial charge in [-0.1, -0.05) is 25.5 Å². The van der Waals surface area contributed by atoms with E-state index in [1.54, 1.807) is 9.80 Å². The topological polar surface area (TPSA) is 49.9 Å². The van der Waals surface area contributed by atoms with Gasteiger partial charge < -0.3 is 14.5 Å². The number of likely N-dealkylation sites (tertiary alicyclic amines) is 2. The highest BCUT2D eigenvalue weighted by atomic mass is 19.2. The molecule has 1 spiro atoms. The molecule has 2 aliphatic heterocycles. The Hall–Kier alpha value is -2.02. The van der Waals surface area contributed by atoms with Gasteiger partial charge >= 0.3 is 0 Å². The van der Waals surface area contributed by atoms with Crippen molar-refractivity contribution >= 4 is 11.8 Å². The number of carbonyl (C=O) groups excluding carboxylic acids is 2. The molecule has 154 valence electrons. The molecule has 7 heteroatoms. The summed E-state index contributed by atoms with van der Waals surface area (Å²) in [5.41, 5.74) is -0.429. The maximum absolute atomic E-state index is 14.0. The van der Waals surface area contributed by atoms with Crippen LogP contribution in [0.25, 0.3) is 0 Å². The van der Waals surface area contributed by atoms with E-state index in [4.69, 9.17) is 4.74 Å². The van der Waals surface area contributed by atoms with E-state index in [2.05, 4.69) is 6.92 Å². The first kappa shape index (κ1) is 20.7. The largest absolute Gasteiger partial charge is 0.372 e. The summed E-state index contributed by atoms with van der Waals surface area (Å²) in [5, 5.41) is 0. The van der Waals surface area contributed by atoms with Crippen LogP contribution in [-0.2, 0) is 20.9 Å². The molecule has 3 rings (SSSR count). The molecule has 5 nitrogen and oxygen atoms in total. The fourth-order valence-electron chi connectivity index (χ4n) is 4.14. The van der Waals surface area contributed by atoms with Gasteiger partial charge in [-0.05, 0) is 31.7 Å². The van der Waals surface area contributed by atoms with Gasteiger partial charge in [-0.2, -0.15) is 0 Å². The normalized spacial score (nSPS) is 22.3. The van der Waals surface area contributed by atoms with Crippen molar-refractivity contribution in [3.8, 4) is 0 Å². The highest BCUT2D eigenvalue weighted by molar-refractivity contribution is 5.86. The third kappa shape index (κ3) is 4.35. The third-order valence-electron chi connectivity index (χ3n) is 5.79. The molecular formula is C21H28F2N2O3. The maximum atomic E-state index is 14.0. The molecule has 2 heterocycles. The SMILES string of the molecule is CCCCOCC(=O)N1CC[C@]2(CCCN(Cc3cccc(F)c3F)C2=O)C1. The summed E-state index contributed by atoms with van der Waals surface area (Å²) in [6.45, 7) is 4.15. The predicted octanol–water partition coefficient (Wildman–Crippen LogP) is 3.12.